The molecule has 1 aromatic rings. The maximum atomic E-state index is 12.2. The summed E-state index contributed by atoms with van der Waals surface area (Å²) in [7, 11) is 0.953. The Morgan fingerprint density at radius 3 is 2.42 bits per heavy atom. The van der Waals surface area contributed by atoms with Crippen molar-refractivity contribution in [2.45, 2.75) is 23.8 Å². The van der Waals surface area contributed by atoms with Crippen molar-refractivity contribution in [1.29, 1.82) is 0 Å². The number of carbonyl (C=O) groups excluding carboxylic acids is 2. The minimum atomic E-state index is -3.63. The van der Waals surface area contributed by atoms with Gasteiger partial charge in [0.25, 0.3) is 11.8 Å². The first kappa shape index (κ1) is 20.6. The molecule has 10 heteroatoms. The van der Waals surface area contributed by atoms with Gasteiger partial charge in [0.2, 0.25) is 10.0 Å². The molecule has 8 nitrogen and oxygen atoms in total. The van der Waals surface area contributed by atoms with Gasteiger partial charge in [-0.2, -0.15) is 0 Å². The Bertz CT molecular complexity index is 793. The van der Waals surface area contributed by atoms with E-state index in [1.807, 2.05) is 0 Å². The number of hydrogen-bond donors (Lipinski definition) is 3. The Hall–Kier alpha value is -1.68. The first-order valence-electron chi connectivity index (χ1n) is 8.22. The summed E-state index contributed by atoms with van der Waals surface area (Å²) >= 11 is 6.06. The van der Waals surface area contributed by atoms with Gasteiger partial charge in [-0.1, -0.05) is 11.6 Å². The number of amides is 2. The topological polar surface area (TPSA) is 100 Å². The van der Waals surface area contributed by atoms with Crippen LogP contribution in [0.4, 0.5) is 5.69 Å². The van der Waals surface area contributed by atoms with Gasteiger partial charge >= 0.3 is 0 Å². The summed E-state index contributed by atoms with van der Waals surface area (Å²) in [4.78, 5) is 24.7. The molecule has 0 aliphatic heterocycles. The smallest absolute Gasteiger partial charge is 0.279 e. The van der Waals surface area contributed by atoms with Gasteiger partial charge in [0, 0.05) is 20.1 Å². The summed E-state index contributed by atoms with van der Waals surface area (Å²) in [5, 5.41) is 5.72. The van der Waals surface area contributed by atoms with Crippen molar-refractivity contribution in [3.8, 4) is 0 Å². The number of hydrogen-bond acceptors (Lipinski definition) is 4. The number of sulfonamides is 1. The zero-order valence-corrected chi connectivity index (χ0v) is 16.6. The van der Waals surface area contributed by atoms with Crippen LogP contribution in [0.15, 0.2) is 23.1 Å². The first-order valence-corrected chi connectivity index (χ1v) is 10.0. The summed E-state index contributed by atoms with van der Waals surface area (Å²) < 4.78 is 25.5. The summed E-state index contributed by atoms with van der Waals surface area (Å²) in [5.74, 6) is -0.446. The molecule has 1 unspecified atom stereocenters. The number of nitrogens with zero attached hydrogens (tertiary/aromatic N) is 1. The van der Waals surface area contributed by atoms with E-state index in [9.17, 15) is 18.0 Å². The highest BCUT2D eigenvalue weighted by Gasteiger charge is 2.25. The molecule has 0 bridgehead atoms. The Morgan fingerprint density at radius 1 is 1.23 bits per heavy atom. The summed E-state index contributed by atoms with van der Waals surface area (Å²) in [6.07, 6.45) is 2.02. The van der Waals surface area contributed by atoms with Gasteiger partial charge in [0.1, 0.15) is 0 Å². The van der Waals surface area contributed by atoms with E-state index in [0.717, 1.165) is 17.1 Å². The van der Waals surface area contributed by atoms with E-state index in [-0.39, 0.29) is 46.6 Å². The molecule has 2 rings (SSSR count). The van der Waals surface area contributed by atoms with Crippen LogP contribution in [-0.4, -0.2) is 64.8 Å². The lowest BCUT2D eigenvalue weighted by Crippen LogP contribution is -3.11. The number of halogens is 1. The molecule has 144 valence electrons. The van der Waals surface area contributed by atoms with Crippen LogP contribution in [0.5, 0.6) is 0 Å². The van der Waals surface area contributed by atoms with E-state index in [1.165, 1.54) is 32.3 Å². The lowest BCUT2D eigenvalue weighted by molar-refractivity contribution is -0.862. The molecule has 1 saturated carbocycles. The Balaban J connectivity index is 1.98. The summed E-state index contributed by atoms with van der Waals surface area (Å²) in [6, 6.07) is 4.41. The van der Waals surface area contributed by atoms with Crippen molar-refractivity contribution in [3.63, 3.8) is 0 Å². The molecule has 2 amide bonds. The second-order valence-corrected chi connectivity index (χ2v) is 9.19. The third-order valence-electron chi connectivity index (χ3n) is 3.86. The van der Waals surface area contributed by atoms with Crippen LogP contribution in [0.1, 0.15) is 12.8 Å². The van der Waals surface area contributed by atoms with Crippen LogP contribution in [-0.2, 0) is 19.6 Å². The monoisotopic (exact) mass is 403 g/mol. The normalized spacial score (nSPS) is 15.6. The van der Waals surface area contributed by atoms with Gasteiger partial charge in [-0.25, -0.2) is 12.7 Å². The fraction of sp³-hybridized carbons (Fsp3) is 0.500. The van der Waals surface area contributed by atoms with Crippen LogP contribution in [0.3, 0.4) is 0 Å². The van der Waals surface area contributed by atoms with Crippen molar-refractivity contribution in [1.82, 2.24) is 9.62 Å². The fourth-order valence-corrected chi connectivity index (χ4v) is 3.38. The van der Waals surface area contributed by atoms with E-state index in [2.05, 4.69) is 10.6 Å². The van der Waals surface area contributed by atoms with Crippen LogP contribution < -0.4 is 15.5 Å². The third-order valence-corrected chi connectivity index (χ3v) is 6.00. The number of anilines is 1. The van der Waals surface area contributed by atoms with Gasteiger partial charge < -0.3 is 15.5 Å². The molecule has 1 atom stereocenters. The lowest BCUT2D eigenvalue weighted by atomic mass is 10.3. The van der Waals surface area contributed by atoms with E-state index in [0.29, 0.717) is 4.90 Å². The van der Waals surface area contributed by atoms with E-state index < -0.39 is 10.0 Å². The van der Waals surface area contributed by atoms with Crippen molar-refractivity contribution >= 4 is 39.1 Å². The van der Waals surface area contributed by atoms with Gasteiger partial charge in [-0.3, -0.25) is 9.59 Å². The molecule has 3 N–H and O–H groups in total. The third kappa shape index (κ3) is 5.66. The number of nitrogens with one attached hydrogen (secondary N) is 3. The largest absolute Gasteiger partial charge is 0.348 e. The minimum Gasteiger partial charge on any atom is -0.348 e. The van der Waals surface area contributed by atoms with E-state index >= 15 is 0 Å². The molecular weight excluding hydrogens is 380 g/mol. The second-order valence-electron chi connectivity index (χ2n) is 6.63. The predicted molar refractivity (Wildman–Crippen MR) is 98.7 cm³/mol. The number of benzene rings is 1. The average Bonchev–Trinajstić information content (AvgIpc) is 3.32. The fourth-order valence-electron chi connectivity index (χ4n) is 2.28. The highest BCUT2D eigenvalue weighted by molar-refractivity contribution is 7.89. The van der Waals surface area contributed by atoms with Gasteiger partial charge in [0.15, 0.2) is 13.1 Å². The number of quaternary nitrogens is 1. The zero-order chi connectivity index (χ0) is 19.5. The number of carbonyl (C=O) groups is 2. The van der Waals surface area contributed by atoms with Crippen LogP contribution in [0.25, 0.3) is 0 Å². The highest BCUT2D eigenvalue weighted by Crippen LogP contribution is 2.26. The number of rotatable bonds is 8. The van der Waals surface area contributed by atoms with E-state index in [1.54, 1.807) is 7.05 Å². The quantitative estimate of drug-likeness (QED) is 0.535. The zero-order valence-electron chi connectivity index (χ0n) is 15.0. The van der Waals surface area contributed by atoms with Gasteiger partial charge in [0.05, 0.1) is 22.7 Å². The molecule has 1 aliphatic carbocycles. The maximum absolute atomic E-state index is 12.2. The minimum absolute atomic E-state index is 0.0340. The Labute approximate surface area is 158 Å². The molecule has 26 heavy (non-hydrogen) atoms. The lowest BCUT2D eigenvalue weighted by Gasteiger charge is -2.15. The molecule has 1 aliphatic rings. The SMILES string of the molecule is CN(C)S(=O)(=O)c1ccc(Cl)c(NC(=O)C[NH+](C)CC(=O)NC2CC2)c1. The molecule has 1 fully saturated rings. The standard InChI is InChI=1S/C16H23ClN4O4S/c1-20(2)26(24,25)12-6-7-13(17)14(8-12)19-16(23)10-21(3)9-15(22)18-11-4-5-11/h6-8,11H,4-5,9-10H2,1-3H3,(H,18,22)(H,19,23)/p+1. The second kappa shape index (κ2) is 8.34. The van der Waals surface area contributed by atoms with E-state index in [4.69, 9.17) is 11.6 Å². The van der Waals surface area contributed by atoms with Crippen molar-refractivity contribution in [2.24, 2.45) is 0 Å². The highest BCUT2D eigenvalue weighted by atomic mass is 35.5. The molecule has 1 aromatic carbocycles. The summed E-state index contributed by atoms with van der Waals surface area (Å²) in [5.41, 5.74) is 0.217. The average molecular weight is 404 g/mol. The summed E-state index contributed by atoms with van der Waals surface area (Å²) in [6.45, 7) is 0.242. The predicted octanol–water partition coefficient (Wildman–Crippen LogP) is -0.678. The maximum Gasteiger partial charge on any atom is 0.279 e. The van der Waals surface area contributed by atoms with Gasteiger partial charge in [-0.05, 0) is 31.0 Å². The van der Waals surface area contributed by atoms with Crippen molar-refractivity contribution in [3.05, 3.63) is 23.2 Å². The Morgan fingerprint density at radius 2 is 1.85 bits per heavy atom. The molecule has 0 heterocycles. The van der Waals surface area contributed by atoms with Gasteiger partial charge in [-0.15, -0.1) is 0 Å². The molecule has 0 spiro atoms. The molecular formula is C16H24ClN4O4S+. The van der Waals surface area contributed by atoms with Crippen LogP contribution in [0, 0.1) is 0 Å². The van der Waals surface area contributed by atoms with Crippen LogP contribution in [0.2, 0.25) is 5.02 Å². The molecule has 0 aromatic heterocycles. The van der Waals surface area contributed by atoms with Crippen molar-refractivity contribution in [2.75, 3.05) is 39.5 Å². The first-order chi connectivity index (χ1) is 12.1. The van der Waals surface area contributed by atoms with Crippen molar-refractivity contribution < 1.29 is 22.9 Å². The molecule has 0 saturated heterocycles. The van der Waals surface area contributed by atoms with Crippen LogP contribution >= 0.6 is 11.6 Å². The Kier molecular flexibility index (Phi) is 6.62. The molecule has 0 radical (unpaired) electrons. The number of likely N-dealkylation sites (N-methyl/N-ethyl adjacent to an activating group) is 1.